The van der Waals surface area contributed by atoms with Gasteiger partial charge in [-0.2, -0.15) is 0 Å². The SMILES string of the molecule is C[C@@H]1CC(=O)O[C@H]1/C=C/c1ccccc1. The van der Waals surface area contributed by atoms with Gasteiger partial charge >= 0.3 is 5.97 Å². The maximum atomic E-state index is 11.0. The van der Waals surface area contributed by atoms with Crippen molar-refractivity contribution in [3.8, 4) is 0 Å². The van der Waals surface area contributed by atoms with Crippen molar-refractivity contribution in [3.63, 3.8) is 0 Å². The van der Waals surface area contributed by atoms with E-state index in [0.29, 0.717) is 6.42 Å². The van der Waals surface area contributed by atoms with Crippen LogP contribution in [0.5, 0.6) is 0 Å². The number of ether oxygens (including phenoxy) is 1. The fourth-order valence-electron chi connectivity index (χ4n) is 1.69. The van der Waals surface area contributed by atoms with Crippen molar-refractivity contribution in [2.75, 3.05) is 0 Å². The van der Waals surface area contributed by atoms with Crippen LogP contribution in [0.3, 0.4) is 0 Å². The minimum absolute atomic E-state index is 0.0577. The fraction of sp³-hybridized carbons (Fsp3) is 0.308. The first-order valence-corrected chi connectivity index (χ1v) is 5.18. The van der Waals surface area contributed by atoms with Crippen LogP contribution in [0, 0.1) is 5.92 Å². The lowest BCUT2D eigenvalue weighted by atomic mass is 10.0. The Morgan fingerprint density at radius 1 is 1.33 bits per heavy atom. The molecule has 0 amide bonds. The number of carbonyl (C=O) groups excluding carboxylic acids is 1. The molecule has 0 N–H and O–H groups in total. The molecule has 1 fully saturated rings. The van der Waals surface area contributed by atoms with Crippen LogP contribution in [0.15, 0.2) is 36.4 Å². The van der Waals surface area contributed by atoms with Crippen LogP contribution < -0.4 is 0 Å². The molecule has 2 heteroatoms. The van der Waals surface area contributed by atoms with Gasteiger partial charge < -0.3 is 4.74 Å². The van der Waals surface area contributed by atoms with E-state index in [0.717, 1.165) is 5.56 Å². The molecule has 0 aliphatic carbocycles. The average Bonchev–Trinajstić information content (AvgIpc) is 2.56. The third-order valence-corrected chi connectivity index (χ3v) is 2.59. The van der Waals surface area contributed by atoms with Crippen LogP contribution >= 0.6 is 0 Å². The lowest BCUT2D eigenvalue weighted by Gasteiger charge is -2.07. The van der Waals surface area contributed by atoms with Gasteiger partial charge in [0.25, 0.3) is 0 Å². The normalized spacial score (nSPS) is 25.8. The zero-order chi connectivity index (χ0) is 10.7. The third kappa shape index (κ3) is 2.46. The van der Waals surface area contributed by atoms with Crippen LogP contribution in [0.1, 0.15) is 18.9 Å². The van der Waals surface area contributed by atoms with Gasteiger partial charge in [-0.05, 0) is 11.6 Å². The maximum Gasteiger partial charge on any atom is 0.306 e. The largest absolute Gasteiger partial charge is 0.458 e. The van der Waals surface area contributed by atoms with Gasteiger partial charge in [-0.1, -0.05) is 43.3 Å². The molecular formula is C13H14O2. The molecule has 2 rings (SSSR count). The van der Waals surface area contributed by atoms with Crippen LogP contribution in [-0.4, -0.2) is 12.1 Å². The van der Waals surface area contributed by atoms with E-state index >= 15 is 0 Å². The molecule has 0 spiro atoms. The molecule has 0 unspecified atom stereocenters. The fourth-order valence-corrected chi connectivity index (χ4v) is 1.69. The molecule has 0 aromatic heterocycles. The zero-order valence-electron chi connectivity index (χ0n) is 8.72. The second-order valence-electron chi connectivity index (χ2n) is 3.91. The van der Waals surface area contributed by atoms with E-state index in [1.807, 2.05) is 49.4 Å². The predicted octanol–water partition coefficient (Wildman–Crippen LogP) is 2.65. The Hall–Kier alpha value is -1.57. The summed E-state index contributed by atoms with van der Waals surface area (Å²) in [5, 5.41) is 0. The highest BCUT2D eigenvalue weighted by molar-refractivity contribution is 5.72. The smallest absolute Gasteiger partial charge is 0.306 e. The minimum atomic E-state index is -0.0924. The number of esters is 1. The van der Waals surface area contributed by atoms with E-state index in [1.54, 1.807) is 0 Å². The third-order valence-electron chi connectivity index (χ3n) is 2.59. The lowest BCUT2D eigenvalue weighted by Crippen LogP contribution is -2.09. The summed E-state index contributed by atoms with van der Waals surface area (Å²) in [5.41, 5.74) is 1.13. The first kappa shape index (κ1) is 9.97. The molecule has 2 nitrogen and oxygen atoms in total. The van der Waals surface area contributed by atoms with Crippen molar-refractivity contribution in [2.24, 2.45) is 5.92 Å². The monoisotopic (exact) mass is 202 g/mol. The molecule has 1 heterocycles. The van der Waals surface area contributed by atoms with Crippen molar-refractivity contribution in [2.45, 2.75) is 19.4 Å². The summed E-state index contributed by atoms with van der Waals surface area (Å²) in [7, 11) is 0. The van der Waals surface area contributed by atoms with Gasteiger partial charge in [0.05, 0.1) is 6.42 Å². The minimum Gasteiger partial charge on any atom is -0.458 e. The molecule has 1 aromatic rings. The average molecular weight is 202 g/mol. The van der Waals surface area contributed by atoms with Crippen molar-refractivity contribution in [1.82, 2.24) is 0 Å². The Bertz CT molecular complexity index is 367. The number of hydrogen-bond donors (Lipinski definition) is 0. The van der Waals surface area contributed by atoms with E-state index in [4.69, 9.17) is 4.74 Å². The quantitative estimate of drug-likeness (QED) is 0.689. The molecule has 0 radical (unpaired) electrons. The van der Waals surface area contributed by atoms with Crippen LogP contribution in [-0.2, 0) is 9.53 Å². The van der Waals surface area contributed by atoms with Crippen molar-refractivity contribution in [3.05, 3.63) is 42.0 Å². The molecule has 0 bridgehead atoms. The molecule has 0 saturated carbocycles. The maximum absolute atomic E-state index is 11.0. The number of hydrogen-bond acceptors (Lipinski definition) is 2. The molecule has 15 heavy (non-hydrogen) atoms. The number of carbonyl (C=O) groups is 1. The number of cyclic esters (lactones) is 1. The summed E-state index contributed by atoms with van der Waals surface area (Å²) in [5.74, 6) is 0.197. The first-order valence-electron chi connectivity index (χ1n) is 5.18. The van der Waals surface area contributed by atoms with Crippen molar-refractivity contribution >= 4 is 12.0 Å². The summed E-state index contributed by atoms with van der Waals surface area (Å²) in [4.78, 5) is 11.0. The highest BCUT2D eigenvalue weighted by atomic mass is 16.5. The van der Waals surface area contributed by atoms with Gasteiger partial charge in [-0.25, -0.2) is 0 Å². The molecular weight excluding hydrogens is 188 g/mol. The second-order valence-corrected chi connectivity index (χ2v) is 3.91. The van der Waals surface area contributed by atoms with Crippen LogP contribution in [0.25, 0.3) is 6.08 Å². The van der Waals surface area contributed by atoms with Crippen LogP contribution in [0.2, 0.25) is 0 Å². The highest BCUT2D eigenvalue weighted by Crippen LogP contribution is 2.22. The van der Waals surface area contributed by atoms with Gasteiger partial charge in [-0.3, -0.25) is 4.79 Å². The number of rotatable bonds is 2. The topological polar surface area (TPSA) is 26.3 Å². The number of benzene rings is 1. The van der Waals surface area contributed by atoms with Gasteiger partial charge in [0.15, 0.2) is 0 Å². The Balaban J connectivity index is 2.03. The Labute approximate surface area is 89.6 Å². The highest BCUT2D eigenvalue weighted by Gasteiger charge is 2.28. The van der Waals surface area contributed by atoms with E-state index in [9.17, 15) is 4.79 Å². The van der Waals surface area contributed by atoms with Gasteiger partial charge in [0, 0.05) is 5.92 Å². The lowest BCUT2D eigenvalue weighted by molar-refractivity contribution is -0.140. The Morgan fingerprint density at radius 3 is 2.67 bits per heavy atom. The molecule has 1 saturated heterocycles. The van der Waals surface area contributed by atoms with Gasteiger partial charge in [0.2, 0.25) is 0 Å². The van der Waals surface area contributed by atoms with Gasteiger partial charge in [-0.15, -0.1) is 0 Å². The summed E-state index contributed by atoms with van der Waals surface area (Å²) in [6.45, 7) is 2.03. The van der Waals surface area contributed by atoms with E-state index < -0.39 is 0 Å². The van der Waals surface area contributed by atoms with E-state index in [1.165, 1.54) is 0 Å². The summed E-state index contributed by atoms with van der Waals surface area (Å²) in [6.07, 6.45) is 4.44. The van der Waals surface area contributed by atoms with Gasteiger partial charge in [0.1, 0.15) is 6.10 Å². The standard InChI is InChI=1S/C13H14O2/c1-10-9-13(14)15-12(10)8-7-11-5-3-2-4-6-11/h2-8,10,12H,9H2,1H3/b8-7+/t10-,12+/m1/s1. The van der Waals surface area contributed by atoms with E-state index in [2.05, 4.69) is 0 Å². The van der Waals surface area contributed by atoms with E-state index in [-0.39, 0.29) is 18.0 Å². The predicted molar refractivity (Wildman–Crippen MR) is 59.1 cm³/mol. The molecule has 1 aliphatic heterocycles. The Morgan fingerprint density at radius 2 is 2.07 bits per heavy atom. The van der Waals surface area contributed by atoms with Crippen LogP contribution in [0.4, 0.5) is 0 Å². The summed E-state index contributed by atoms with van der Waals surface area (Å²) >= 11 is 0. The second kappa shape index (κ2) is 4.30. The van der Waals surface area contributed by atoms with Crippen molar-refractivity contribution < 1.29 is 9.53 Å². The zero-order valence-corrected chi connectivity index (χ0v) is 8.72. The molecule has 1 aliphatic rings. The molecule has 2 atom stereocenters. The molecule has 1 aromatic carbocycles. The molecule has 78 valence electrons. The summed E-state index contributed by atoms with van der Waals surface area (Å²) in [6, 6.07) is 10.0. The first-order chi connectivity index (χ1) is 7.25. The Kier molecular flexibility index (Phi) is 2.86. The summed E-state index contributed by atoms with van der Waals surface area (Å²) < 4.78 is 5.17. The van der Waals surface area contributed by atoms with Crippen molar-refractivity contribution in [1.29, 1.82) is 0 Å².